The maximum Gasteiger partial charge on any atom is 0.0718 e. The summed E-state index contributed by atoms with van der Waals surface area (Å²) < 4.78 is 1.81. The summed E-state index contributed by atoms with van der Waals surface area (Å²) in [5.74, 6) is 0. The van der Waals surface area contributed by atoms with Gasteiger partial charge < -0.3 is 5.73 Å². The second-order valence-corrected chi connectivity index (χ2v) is 4.79. The summed E-state index contributed by atoms with van der Waals surface area (Å²) in [7, 11) is 1.92. The Morgan fingerprint density at radius 1 is 1.47 bits per heavy atom. The lowest BCUT2D eigenvalue weighted by atomic mass is 10.0. The van der Waals surface area contributed by atoms with Gasteiger partial charge in [-0.3, -0.25) is 4.68 Å². The summed E-state index contributed by atoms with van der Waals surface area (Å²) in [4.78, 5) is 0. The van der Waals surface area contributed by atoms with Crippen LogP contribution in [0.2, 0.25) is 5.02 Å². The Kier molecular flexibility index (Phi) is 3.50. The molecule has 0 spiro atoms. The lowest BCUT2D eigenvalue weighted by molar-refractivity contribution is 0.686. The number of nitrogens with zero attached hydrogens (tertiary/aromatic N) is 2. The first-order chi connectivity index (χ1) is 8.06. The monoisotopic (exact) mass is 249 g/mol. The topological polar surface area (TPSA) is 43.8 Å². The Morgan fingerprint density at radius 2 is 2.24 bits per heavy atom. The standard InChI is InChI=1S/C13H16ClN3/c1-9(15)6-13-12(8-17(2)16-13)10-4-3-5-11(14)7-10/h3-5,7-9H,6,15H2,1-2H3. The molecular formula is C13H16ClN3. The molecule has 0 fully saturated rings. The molecule has 0 bridgehead atoms. The van der Waals surface area contributed by atoms with Gasteiger partial charge in [-0.15, -0.1) is 0 Å². The van der Waals surface area contributed by atoms with E-state index >= 15 is 0 Å². The smallest absolute Gasteiger partial charge is 0.0718 e. The summed E-state index contributed by atoms with van der Waals surface area (Å²) in [5.41, 5.74) is 9.04. The Labute approximate surface area is 106 Å². The molecule has 17 heavy (non-hydrogen) atoms. The molecule has 1 aromatic carbocycles. The molecule has 3 nitrogen and oxygen atoms in total. The van der Waals surface area contributed by atoms with Crippen molar-refractivity contribution in [1.82, 2.24) is 9.78 Å². The summed E-state index contributed by atoms with van der Waals surface area (Å²) in [6, 6.07) is 7.90. The molecule has 0 aliphatic heterocycles. The van der Waals surface area contributed by atoms with E-state index in [-0.39, 0.29) is 6.04 Å². The van der Waals surface area contributed by atoms with Gasteiger partial charge in [-0.05, 0) is 24.6 Å². The van der Waals surface area contributed by atoms with E-state index in [1.807, 2.05) is 49.1 Å². The van der Waals surface area contributed by atoms with Crippen molar-refractivity contribution < 1.29 is 0 Å². The van der Waals surface area contributed by atoms with Gasteiger partial charge in [-0.2, -0.15) is 5.10 Å². The molecule has 2 N–H and O–H groups in total. The van der Waals surface area contributed by atoms with E-state index in [1.54, 1.807) is 0 Å². The van der Waals surface area contributed by atoms with Crippen LogP contribution in [0, 0.1) is 0 Å². The Balaban J connectivity index is 2.44. The third-order valence-corrected chi connectivity index (χ3v) is 2.79. The number of halogens is 1. The van der Waals surface area contributed by atoms with E-state index < -0.39 is 0 Å². The summed E-state index contributed by atoms with van der Waals surface area (Å²) in [6.07, 6.45) is 2.77. The number of nitrogens with two attached hydrogens (primary N) is 1. The van der Waals surface area contributed by atoms with Crippen LogP contribution >= 0.6 is 11.6 Å². The van der Waals surface area contributed by atoms with Gasteiger partial charge in [0.1, 0.15) is 0 Å². The van der Waals surface area contributed by atoms with Crippen molar-refractivity contribution >= 4 is 11.6 Å². The molecule has 2 aromatic rings. The molecule has 2 rings (SSSR count). The van der Waals surface area contributed by atoms with Gasteiger partial charge in [-0.1, -0.05) is 23.7 Å². The van der Waals surface area contributed by atoms with Gasteiger partial charge in [0.25, 0.3) is 0 Å². The number of hydrogen-bond acceptors (Lipinski definition) is 2. The highest BCUT2D eigenvalue weighted by atomic mass is 35.5. The van der Waals surface area contributed by atoms with E-state index in [0.717, 1.165) is 28.3 Å². The molecule has 0 amide bonds. The second-order valence-electron chi connectivity index (χ2n) is 4.35. The average Bonchev–Trinajstić information content (AvgIpc) is 2.58. The number of benzene rings is 1. The highest BCUT2D eigenvalue weighted by Gasteiger charge is 2.11. The van der Waals surface area contributed by atoms with E-state index in [1.165, 1.54) is 0 Å². The van der Waals surface area contributed by atoms with Crippen LogP contribution in [-0.4, -0.2) is 15.8 Å². The minimum Gasteiger partial charge on any atom is -0.328 e. The molecule has 1 unspecified atom stereocenters. The van der Waals surface area contributed by atoms with E-state index in [0.29, 0.717) is 0 Å². The average molecular weight is 250 g/mol. The first kappa shape index (κ1) is 12.1. The molecule has 1 heterocycles. The fourth-order valence-corrected chi connectivity index (χ4v) is 2.08. The van der Waals surface area contributed by atoms with E-state index in [9.17, 15) is 0 Å². The lowest BCUT2D eigenvalue weighted by Gasteiger charge is -2.05. The third-order valence-electron chi connectivity index (χ3n) is 2.56. The second kappa shape index (κ2) is 4.90. The van der Waals surface area contributed by atoms with E-state index in [4.69, 9.17) is 17.3 Å². The van der Waals surface area contributed by atoms with Gasteiger partial charge in [-0.25, -0.2) is 0 Å². The van der Waals surface area contributed by atoms with Crippen LogP contribution < -0.4 is 5.73 Å². The Bertz CT molecular complexity index is 517. The lowest BCUT2D eigenvalue weighted by Crippen LogP contribution is -2.18. The molecule has 1 atom stereocenters. The summed E-state index contributed by atoms with van der Waals surface area (Å²) in [6.45, 7) is 1.98. The first-order valence-corrected chi connectivity index (χ1v) is 5.98. The molecular weight excluding hydrogens is 234 g/mol. The minimum atomic E-state index is 0.0998. The molecule has 0 aliphatic carbocycles. The van der Waals surface area contributed by atoms with Crippen LogP contribution in [0.15, 0.2) is 30.5 Å². The number of aryl methyl sites for hydroxylation is 1. The fourth-order valence-electron chi connectivity index (χ4n) is 1.89. The molecule has 0 saturated heterocycles. The van der Waals surface area contributed by atoms with Gasteiger partial charge in [0.05, 0.1) is 5.69 Å². The van der Waals surface area contributed by atoms with Crippen molar-refractivity contribution in [2.45, 2.75) is 19.4 Å². The largest absolute Gasteiger partial charge is 0.328 e. The molecule has 1 aromatic heterocycles. The van der Waals surface area contributed by atoms with Crippen LogP contribution in [0.25, 0.3) is 11.1 Å². The van der Waals surface area contributed by atoms with Gasteiger partial charge >= 0.3 is 0 Å². The van der Waals surface area contributed by atoms with Crippen LogP contribution in [0.4, 0.5) is 0 Å². The maximum atomic E-state index is 6.01. The van der Waals surface area contributed by atoms with Gasteiger partial charge in [0.15, 0.2) is 0 Å². The molecule has 0 saturated carbocycles. The SMILES string of the molecule is CC(N)Cc1nn(C)cc1-c1cccc(Cl)c1. The van der Waals surface area contributed by atoms with Gasteiger partial charge in [0.2, 0.25) is 0 Å². The predicted octanol–water partition coefficient (Wildman–Crippen LogP) is 2.63. The summed E-state index contributed by atoms with van der Waals surface area (Å²) >= 11 is 6.01. The molecule has 0 aliphatic rings. The maximum absolute atomic E-state index is 6.01. The summed E-state index contributed by atoms with van der Waals surface area (Å²) in [5, 5.41) is 5.18. The number of hydrogen-bond donors (Lipinski definition) is 1. The van der Waals surface area contributed by atoms with Crippen LogP contribution in [0.5, 0.6) is 0 Å². The van der Waals surface area contributed by atoms with Crippen molar-refractivity contribution in [3.63, 3.8) is 0 Å². The van der Waals surface area contributed by atoms with Crippen molar-refractivity contribution in [3.8, 4) is 11.1 Å². The molecule has 0 radical (unpaired) electrons. The highest BCUT2D eigenvalue weighted by molar-refractivity contribution is 6.30. The first-order valence-electron chi connectivity index (χ1n) is 5.60. The normalized spacial score (nSPS) is 12.7. The fraction of sp³-hybridized carbons (Fsp3) is 0.308. The van der Waals surface area contributed by atoms with Crippen molar-refractivity contribution in [2.24, 2.45) is 12.8 Å². The number of aromatic nitrogens is 2. The van der Waals surface area contributed by atoms with Crippen LogP contribution in [-0.2, 0) is 13.5 Å². The van der Waals surface area contributed by atoms with E-state index in [2.05, 4.69) is 5.10 Å². The van der Waals surface area contributed by atoms with Crippen molar-refractivity contribution in [3.05, 3.63) is 41.2 Å². The predicted molar refractivity (Wildman–Crippen MR) is 71.0 cm³/mol. The zero-order valence-corrected chi connectivity index (χ0v) is 10.8. The zero-order valence-electron chi connectivity index (χ0n) is 10.0. The molecule has 4 heteroatoms. The Morgan fingerprint density at radius 3 is 2.88 bits per heavy atom. The number of rotatable bonds is 3. The minimum absolute atomic E-state index is 0.0998. The molecule has 90 valence electrons. The quantitative estimate of drug-likeness (QED) is 0.909. The van der Waals surface area contributed by atoms with Crippen molar-refractivity contribution in [1.29, 1.82) is 0 Å². The zero-order chi connectivity index (χ0) is 12.4. The van der Waals surface area contributed by atoms with Crippen LogP contribution in [0.1, 0.15) is 12.6 Å². The third kappa shape index (κ3) is 2.87. The Hall–Kier alpha value is -1.32. The highest BCUT2D eigenvalue weighted by Crippen LogP contribution is 2.26. The van der Waals surface area contributed by atoms with Crippen molar-refractivity contribution in [2.75, 3.05) is 0 Å². The van der Waals surface area contributed by atoms with Gasteiger partial charge in [0, 0.05) is 36.3 Å². The van der Waals surface area contributed by atoms with Crippen LogP contribution in [0.3, 0.4) is 0 Å².